The first-order valence-electron chi connectivity index (χ1n) is 6.32. The zero-order valence-electron chi connectivity index (χ0n) is 11.6. The summed E-state index contributed by atoms with van der Waals surface area (Å²) in [6.07, 6.45) is -9.38. The van der Waals surface area contributed by atoms with E-state index in [1.807, 2.05) is 0 Å². The standard InChI is InChI=1S/C15H8F8O/c16-13(17)24-12-6-5-10(15(21,22)23)7-11(12)8-1-3-9(4-2-8)14(18,19)20/h1-7,13H. The molecular weight excluding hydrogens is 348 g/mol. The summed E-state index contributed by atoms with van der Waals surface area (Å²) in [7, 11) is 0. The number of hydrogen-bond donors (Lipinski definition) is 0. The lowest BCUT2D eigenvalue weighted by Gasteiger charge is -2.15. The van der Waals surface area contributed by atoms with E-state index in [4.69, 9.17) is 0 Å². The molecule has 0 radical (unpaired) electrons. The van der Waals surface area contributed by atoms with Crippen LogP contribution in [-0.4, -0.2) is 6.61 Å². The lowest BCUT2D eigenvalue weighted by molar-refractivity contribution is -0.138. The Hall–Kier alpha value is -2.32. The van der Waals surface area contributed by atoms with Crippen LogP contribution in [0.1, 0.15) is 11.1 Å². The van der Waals surface area contributed by atoms with Crippen molar-refractivity contribution in [1.82, 2.24) is 0 Å². The third kappa shape index (κ3) is 4.15. The van der Waals surface area contributed by atoms with Crippen LogP contribution in [0.5, 0.6) is 5.75 Å². The zero-order valence-corrected chi connectivity index (χ0v) is 11.6. The van der Waals surface area contributed by atoms with Gasteiger partial charge >= 0.3 is 19.0 Å². The molecule has 0 unspecified atom stereocenters. The smallest absolute Gasteiger partial charge is 0.416 e. The molecular formula is C15H8F8O. The molecule has 24 heavy (non-hydrogen) atoms. The number of halogens is 8. The van der Waals surface area contributed by atoms with E-state index in [2.05, 4.69) is 4.74 Å². The molecule has 0 amide bonds. The summed E-state index contributed by atoms with van der Waals surface area (Å²) in [4.78, 5) is 0. The van der Waals surface area contributed by atoms with Gasteiger partial charge in [-0.25, -0.2) is 0 Å². The molecule has 0 spiro atoms. The Kier molecular flexibility index (Phi) is 4.73. The highest BCUT2D eigenvalue weighted by Crippen LogP contribution is 2.39. The Morgan fingerprint density at radius 2 is 1.21 bits per heavy atom. The molecule has 0 saturated carbocycles. The van der Waals surface area contributed by atoms with Crippen molar-refractivity contribution in [2.75, 3.05) is 0 Å². The first-order valence-corrected chi connectivity index (χ1v) is 6.32. The Balaban J connectivity index is 2.53. The van der Waals surface area contributed by atoms with Gasteiger partial charge in [-0.15, -0.1) is 0 Å². The third-order valence-electron chi connectivity index (χ3n) is 3.05. The normalized spacial score (nSPS) is 12.5. The van der Waals surface area contributed by atoms with Crippen LogP contribution in [0.15, 0.2) is 42.5 Å². The lowest BCUT2D eigenvalue weighted by Crippen LogP contribution is -2.08. The molecule has 0 bridgehead atoms. The maximum Gasteiger partial charge on any atom is 0.416 e. The van der Waals surface area contributed by atoms with Crippen LogP contribution >= 0.6 is 0 Å². The molecule has 0 saturated heterocycles. The fourth-order valence-electron chi connectivity index (χ4n) is 1.97. The molecule has 0 heterocycles. The molecule has 0 aliphatic heterocycles. The van der Waals surface area contributed by atoms with Crippen molar-refractivity contribution in [2.45, 2.75) is 19.0 Å². The molecule has 0 N–H and O–H groups in total. The summed E-state index contributed by atoms with van der Waals surface area (Å²) in [5.74, 6) is -0.572. The Morgan fingerprint density at radius 1 is 0.708 bits per heavy atom. The van der Waals surface area contributed by atoms with E-state index in [0.717, 1.165) is 12.1 Å². The van der Waals surface area contributed by atoms with Gasteiger partial charge in [0.25, 0.3) is 0 Å². The van der Waals surface area contributed by atoms with Gasteiger partial charge in [0.1, 0.15) is 5.75 Å². The molecule has 0 aliphatic carbocycles. The predicted molar refractivity (Wildman–Crippen MR) is 68.5 cm³/mol. The van der Waals surface area contributed by atoms with Crippen LogP contribution < -0.4 is 4.74 Å². The second-order valence-electron chi connectivity index (χ2n) is 4.66. The highest BCUT2D eigenvalue weighted by atomic mass is 19.4. The first kappa shape index (κ1) is 18.0. The van der Waals surface area contributed by atoms with Gasteiger partial charge in [-0.3, -0.25) is 0 Å². The van der Waals surface area contributed by atoms with Gasteiger partial charge in [0, 0.05) is 5.56 Å². The number of benzene rings is 2. The summed E-state index contributed by atoms with van der Waals surface area (Å²) in [6.45, 7) is -3.30. The van der Waals surface area contributed by atoms with Crippen molar-refractivity contribution >= 4 is 0 Å². The van der Waals surface area contributed by atoms with E-state index in [1.165, 1.54) is 0 Å². The number of alkyl halides is 8. The molecule has 130 valence electrons. The quantitative estimate of drug-likeness (QED) is 0.614. The van der Waals surface area contributed by atoms with E-state index in [0.29, 0.717) is 30.3 Å². The molecule has 0 aliphatic rings. The number of hydrogen-bond acceptors (Lipinski definition) is 1. The van der Waals surface area contributed by atoms with E-state index in [1.54, 1.807) is 0 Å². The van der Waals surface area contributed by atoms with Crippen LogP contribution in [0.25, 0.3) is 11.1 Å². The Labute approximate surface area is 130 Å². The first-order chi connectivity index (χ1) is 11.0. The molecule has 0 aromatic heterocycles. The van der Waals surface area contributed by atoms with E-state index in [-0.39, 0.29) is 11.1 Å². The van der Waals surface area contributed by atoms with Gasteiger partial charge in [0.05, 0.1) is 11.1 Å². The molecule has 2 rings (SSSR count). The maximum absolute atomic E-state index is 12.8. The van der Waals surface area contributed by atoms with E-state index >= 15 is 0 Å². The molecule has 2 aromatic carbocycles. The van der Waals surface area contributed by atoms with Gasteiger partial charge in [-0.2, -0.15) is 35.1 Å². The molecule has 0 fully saturated rings. The summed E-state index contributed by atoms with van der Waals surface area (Å²) in [6, 6.07) is 4.84. The molecule has 9 heteroatoms. The van der Waals surface area contributed by atoms with Crippen LogP contribution in [0.4, 0.5) is 35.1 Å². The largest absolute Gasteiger partial charge is 0.434 e. The minimum absolute atomic E-state index is 0.121. The lowest BCUT2D eigenvalue weighted by atomic mass is 10.00. The highest BCUT2D eigenvalue weighted by molar-refractivity contribution is 5.71. The average Bonchev–Trinajstić information content (AvgIpc) is 2.45. The van der Waals surface area contributed by atoms with Gasteiger partial charge < -0.3 is 4.74 Å². The Bertz CT molecular complexity index is 701. The van der Waals surface area contributed by atoms with Gasteiger partial charge in [0.2, 0.25) is 0 Å². The topological polar surface area (TPSA) is 9.23 Å². The highest BCUT2D eigenvalue weighted by Gasteiger charge is 2.32. The van der Waals surface area contributed by atoms with Gasteiger partial charge in [0.15, 0.2) is 0 Å². The van der Waals surface area contributed by atoms with Crippen molar-refractivity contribution in [3.8, 4) is 16.9 Å². The summed E-state index contributed by atoms with van der Waals surface area (Å²) >= 11 is 0. The van der Waals surface area contributed by atoms with Crippen molar-refractivity contribution in [1.29, 1.82) is 0 Å². The van der Waals surface area contributed by atoms with Crippen LogP contribution in [0, 0.1) is 0 Å². The van der Waals surface area contributed by atoms with Crippen molar-refractivity contribution in [3.05, 3.63) is 53.6 Å². The van der Waals surface area contributed by atoms with Gasteiger partial charge in [-0.1, -0.05) is 12.1 Å². The molecule has 0 atom stereocenters. The van der Waals surface area contributed by atoms with Crippen LogP contribution in [-0.2, 0) is 12.4 Å². The average molecular weight is 356 g/mol. The fourth-order valence-corrected chi connectivity index (χ4v) is 1.97. The molecule has 2 aromatic rings. The number of rotatable bonds is 3. The zero-order chi connectivity index (χ0) is 18.1. The van der Waals surface area contributed by atoms with Gasteiger partial charge in [-0.05, 0) is 35.9 Å². The third-order valence-corrected chi connectivity index (χ3v) is 3.05. The Morgan fingerprint density at radius 3 is 1.67 bits per heavy atom. The molecule has 1 nitrogen and oxygen atoms in total. The second kappa shape index (κ2) is 6.29. The predicted octanol–water partition coefficient (Wildman–Crippen LogP) is 5.99. The fraction of sp³-hybridized carbons (Fsp3) is 0.200. The SMILES string of the molecule is FC(F)Oc1ccc(C(F)(F)F)cc1-c1ccc(C(F)(F)F)cc1. The van der Waals surface area contributed by atoms with E-state index in [9.17, 15) is 35.1 Å². The number of ether oxygens (including phenoxy) is 1. The van der Waals surface area contributed by atoms with Crippen molar-refractivity contribution < 1.29 is 39.9 Å². The second-order valence-corrected chi connectivity index (χ2v) is 4.66. The summed E-state index contributed by atoms with van der Waals surface area (Å²) < 4.78 is 105. The van der Waals surface area contributed by atoms with Crippen LogP contribution in [0.3, 0.4) is 0 Å². The van der Waals surface area contributed by atoms with Crippen molar-refractivity contribution in [3.63, 3.8) is 0 Å². The van der Waals surface area contributed by atoms with Crippen LogP contribution in [0.2, 0.25) is 0 Å². The monoisotopic (exact) mass is 356 g/mol. The maximum atomic E-state index is 12.8. The minimum atomic E-state index is -4.75. The minimum Gasteiger partial charge on any atom is -0.434 e. The van der Waals surface area contributed by atoms with E-state index < -0.39 is 35.8 Å². The van der Waals surface area contributed by atoms with Crippen molar-refractivity contribution in [2.24, 2.45) is 0 Å². The summed E-state index contributed by atoms with van der Waals surface area (Å²) in [5, 5.41) is 0. The summed E-state index contributed by atoms with van der Waals surface area (Å²) in [5.41, 5.74) is -2.67.